The lowest BCUT2D eigenvalue weighted by atomic mass is 10.2. The molecule has 0 N–H and O–H groups in total. The standard InChI is InChI=1S/C22H20N2O4S2/c1-27-17-9-5-8-16(12-17)24-21(26)20-18(10-11-29-20)23-22(24)30-14-19(25)28-13-15-6-3-2-4-7-15/h2-9,12H,10-11,13-14H2,1H3. The maximum absolute atomic E-state index is 13.2. The van der Waals surface area contributed by atoms with Gasteiger partial charge in [0.05, 0.1) is 29.1 Å². The van der Waals surface area contributed by atoms with Gasteiger partial charge >= 0.3 is 5.97 Å². The fourth-order valence-corrected chi connectivity index (χ4v) is 4.92. The summed E-state index contributed by atoms with van der Waals surface area (Å²) in [5.74, 6) is 1.19. The van der Waals surface area contributed by atoms with Crippen molar-refractivity contribution >= 4 is 29.5 Å². The topological polar surface area (TPSA) is 70.4 Å². The highest BCUT2D eigenvalue weighted by atomic mass is 32.2. The Morgan fingerprint density at radius 2 is 2.03 bits per heavy atom. The van der Waals surface area contributed by atoms with Crippen molar-refractivity contribution in [2.45, 2.75) is 23.1 Å². The van der Waals surface area contributed by atoms with Gasteiger partial charge in [0.1, 0.15) is 12.4 Å². The van der Waals surface area contributed by atoms with Gasteiger partial charge in [-0.2, -0.15) is 0 Å². The highest BCUT2D eigenvalue weighted by Crippen LogP contribution is 2.30. The van der Waals surface area contributed by atoms with Gasteiger partial charge < -0.3 is 9.47 Å². The SMILES string of the molecule is COc1cccc(-n2c(SCC(=O)OCc3ccccc3)nc3c(c2=O)SCC3)c1. The Bertz CT molecular complexity index is 1120. The third-order valence-corrected chi connectivity index (χ3v) is 6.56. The summed E-state index contributed by atoms with van der Waals surface area (Å²) in [6, 6.07) is 16.8. The smallest absolute Gasteiger partial charge is 0.316 e. The molecule has 3 aromatic rings. The fourth-order valence-electron chi connectivity index (χ4n) is 3.07. The number of hydrogen-bond donors (Lipinski definition) is 0. The summed E-state index contributed by atoms with van der Waals surface area (Å²) in [6.45, 7) is 0.219. The number of hydrogen-bond acceptors (Lipinski definition) is 7. The van der Waals surface area contributed by atoms with Crippen molar-refractivity contribution < 1.29 is 14.3 Å². The molecule has 1 aliphatic heterocycles. The number of carbonyl (C=O) groups excluding carboxylic acids is 1. The third-order valence-electron chi connectivity index (χ3n) is 4.54. The second kappa shape index (κ2) is 9.40. The molecule has 1 aliphatic rings. The van der Waals surface area contributed by atoms with Crippen molar-refractivity contribution in [2.24, 2.45) is 0 Å². The molecule has 4 rings (SSSR count). The zero-order valence-electron chi connectivity index (χ0n) is 16.4. The van der Waals surface area contributed by atoms with Gasteiger partial charge in [-0.1, -0.05) is 48.2 Å². The molecule has 8 heteroatoms. The molecule has 0 spiro atoms. The normalized spacial score (nSPS) is 12.4. The average molecular weight is 441 g/mol. The lowest BCUT2D eigenvalue weighted by Crippen LogP contribution is -2.24. The van der Waals surface area contributed by atoms with Gasteiger partial charge in [-0.25, -0.2) is 4.98 Å². The van der Waals surface area contributed by atoms with Crippen molar-refractivity contribution in [1.82, 2.24) is 9.55 Å². The summed E-state index contributed by atoms with van der Waals surface area (Å²) in [4.78, 5) is 30.8. The molecule has 0 saturated heterocycles. The molecule has 0 unspecified atom stereocenters. The van der Waals surface area contributed by atoms with Crippen LogP contribution < -0.4 is 10.3 Å². The van der Waals surface area contributed by atoms with E-state index in [4.69, 9.17) is 14.5 Å². The third kappa shape index (κ3) is 4.55. The molecule has 30 heavy (non-hydrogen) atoms. The number of esters is 1. The molecule has 0 bridgehead atoms. The van der Waals surface area contributed by atoms with Crippen LogP contribution in [0.2, 0.25) is 0 Å². The van der Waals surface area contributed by atoms with Crippen LogP contribution in [0.1, 0.15) is 11.3 Å². The molecule has 0 amide bonds. The molecule has 0 radical (unpaired) electrons. The molecule has 0 atom stereocenters. The Labute approximate surface area is 182 Å². The predicted octanol–water partition coefficient (Wildman–Crippen LogP) is 3.72. The van der Waals surface area contributed by atoms with E-state index in [1.165, 1.54) is 23.5 Å². The predicted molar refractivity (Wildman–Crippen MR) is 118 cm³/mol. The van der Waals surface area contributed by atoms with Gasteiger partial charge in [0, 0.05) is 18.2 Å². The van der Waals surface area contributed by atoms with E-state index in [2.05, 4.69) is 0 Å². The van der Waals surface area contributed by atoms with E-state index in [9.17, 15) is 9.59 Å². The molecule has 6 nitrogen and oxygen atoms in total. The number of benzene rings is 2. The number of rotatable bonds is 7. The minimum absolute atomic E-state index is 0.0647. The van der Waals surface area contributed by atoms with Crippen LogP contribution >= 0.6 is 23.5 Å². The summed E-state index contributed by atoms with van der Waals surface area (Å²) < 4.78 is 12.2. The lowest BCUT2D eigenvalue weighted by molar-refractivity contribution is -0.141. The minimum atomic E-state index is -0.356. The van der Waals surface area contributed by atoms with E-state index in [1.54, 1.807) is 17.7 Å². The van der Waals surface area contributed by atoms with Gasteiger partial charge in [-0.15, -0.1) is 11.8 Å². The van der Waals surface area contributed by atoms with Crippen molar-refractivity contribution in [1.29, 1.82) is 0 Å². The molecular formula is C22H20N2O4S2. The van der Waals surface area contributed by atoms with Crippen LogP contribution in [0.5, 0.6) is 5.75 Å². The minimum Gasteiger partial charge on any atom is -0.497 e. The van der Waals surface area contributed by atoms with Crippen LogP contribution in [0.25, 0.3) is 5.69 Å². The van der Waals surface area contributed by atoms with Crippen LogP contribution in [-0.4, -0.2) is 34.1 Å². The van der Waals surface area contributed by atoms with Crippen molar-refractivity contribution in [3.05, 3.63) is 76.2 Å². The summed E-state index contributed by atoms with van der Waals surface area (Å²) in [7, 11) is 1.58. The zero-order valence-corrected chi connectivity index (χ0v) is 18.0. The van der Waals surface area contributed by atoms with Crippen molar-refractivity contribution in [3.8, 4) is 11.4 Å². The van der Waals surface area contributed by atoms with Crippen LogP contribution in [0, 0.1) is 0 Å². The Hall–Kier alpha value is -2.71. The Balaban J connectivity index is 1.57. The second-order valence-electron chi connectivity index (χ2n) is 6.55. The summed E-state index contributed by atoms with van der Waals surface area (Å²) in [5, 5.41) is 0.478. The van der Waals surface area contributed by atoms with Crippen LogP contribution in [-0.2, 0) is 22.6 Å². The summed E-state index contributed by atoms with van der Waals surface area (Å²) in [6.07, 6.45) is 0.750. The monoisotopic (exact) mass is 440 g/mol. The van der Waals surface area contributed by atoms with E-state index in [0.29, 0.717) is 21.5 Å². The summed E-state index contributed by atoms with van der Waals surface area (Å²) >= 11 is 2.73. The van der Waals surface area contributed by atoms with Gasteiger partial charge in [0.15, 0.2) is 5.16 Å². The maximum atomic E-state index is 13.2. The van der Waals surface area contributed by atoms with E-state index in [0.717, 1.165) is 23.4 Å². The van der Waals surface area contributed by atoms with Gasteiger partial charge in [0.25, 0.3) is 5.56 Å². The Morgan fingerprint density at radius 1 is 1.20 bits per heavy atom. The highest BCUT2D eigenvalue weighted by Gasteiger charge is 2.23. The molecule has 0 saturated carbocycles. The van der Waals surface area contributed by atoms with Crippen LogP contribution in [0.15, 0.2) is 69.4 Å². The van der Waals surface area contributed by atoms with Crippen molar-refractivity contribution in [2.75, 3.05) is 18.6 Å². The largest absolute Gasteiger partial charge is 0.497 e. The molecule has 0 fully saturated rings. The first kappa shape index (κ1) is 20.6. The van der Waals surface area contributed by atoms with Gasteiger partial charge in [0.2, 0.25) is 0 Å². The van der Waals surface area contributed by atoms with Gasteiger partial charge in [-0.05, 0) is 17.7 Å². The number of thioether (sulfide) groups is 2. The van der Waals surface area contributed by atoms with E-state index < -0.39 is 0 Å². The van der Waals surface area contributed by atoms with E-state index in [1.807, 2.05) is 48.5 Å². The first-order valence-electron chi connectivity index (χ1n) is 9.41. The lowest BCUT2D eigenvalue weighted by Gasteiger charge is -2.14. The highest BCUT2D eigenvalue weighted by molar-refractivity contribution is 8.00. The van der Waals surface area contributed by atoms with Gasteiger partial charge in [-0.3, -0.25) is 14.2 Å². The molecule has 2 heterocycles. The molecule has 0 aliphatic carbocycles. The molecule has 154 valence electrons. The number of nitrogens with zero attached hydrogens (tertiary/aromatic N) is 2. The second-order valence-corrected chi connectivity index (χ2v) is 8.59. The fraction of sp³-hybridized carbons (Fsp3) is 0.227. The number of aromatic nitrogens is 2. The quantitative estimate of drug-likeness (QED) is 0.315. The number of carbonyl (C=O) groups is 1. The molecule has 2 aromatic carbocycles. The number of ether oxygens (including phenoxy) is 2. The molecular weight excluding hydrogens is 420 g/mol. The van der Waals surface area contributed by atoms with Crippen molar-refractivity contribution in [3.63, 3.8) is 0 Å². The average Bonchev–Trinajstić information content (AvgIpc) is 3.26. The maximum Gasteiger partial charge on any atom is 0.316 e. The van der Waals surface area contributed by atoms with Crippen LogP contribution in [0.4, 0.5) is 0 Å². The van der Waals surface area contributed by atoms with E-state index >= 15 is 0 Å². The zero-order chi connectivity index (χ0) is 20.9. The molecule has 1 aromatic heterocycles. The first-order valence-corrected chi connectivity index (χ1v) is 11.4. The van der Waals surface area contributed by atoms with Crippen LogP contribution in [0.3, 0.4) is 0 Å². The van der Waals surface area contributed by atoms with E-state index in [-0.39, 0.29) is 23.9 Å². The Morgan fingerprint density at radius 3 is 2.83 bits per heavy atom. The number of methoxy groups -OCH3 is 1. The Kier molecular flexibility index (Phi) is 6.44. The number of fused-ring (bicyclic) bond motifs is 1. The number of aryl methyl sites for hydroxylation is 1. The summed E-state index contributed by atoms with van der Waals surface area (Å²) in [5.41, 5.74) is 2.26. The first-order chi connectivity index (χ1) is 14.7.